The molecule has 1 spiro atoms. The second-order valence-electron chi connectivity index (χ2n) is 10.5. The van der Waals surface area contributed by atoms with E-state index in [0.717, 1.165) is 52.1 Å². The summed E-state index contributed by atoms with van der Waals surface area (Å²) in [5.41, 5.74) is 7.09. The maximum Gasteiger partial charge on any atom is 0.235 e. The third-order valence-corrected chi connectivity index (χ3v) is 8.37. The van der Waals surface area contributed by atoms with Crippen LogP contribution in [-0.2, 0) is 16.8 Å². The molecule has 7 rings (SSSR count). The molecule has 6 heteroatoms. The van der Waals surface area contributed by atoms with Crippen molar-refractivity contribution in [2.75, 3.05) is 25.5 Å². The lowest BCUT2D eigenvalue weighted by Crippen LogP contribution is -2.29. The number of likely N-dealkylation sites (tertiary alicyclic amines) is 1. The van der Waals surface area contributed by atoms with Gasteiger partial charge in [0.05, 0.1) is 23.7 Å². The van der Waals surface area contributed by atoms with Crippen LogP contribution in [0.1, 0.15) is 48.3 Å². The SMILES string of the molecule is COc1ccc2c(c1)C1(C[C@H]1c1ccc3c(-c4cccc(CN5CCCCC5)c4)n[nH]c3c1)C(=O)N2. The van der Waals surface area contributed by atoms with Crippen molar-refractivity contribution in [1.29, 1.82) is 0 Å². The summed E-state index contributed by atoms with van der Waals surface area (Å²) in [7, 11) is 1.66. The van der Waals surface area contributed by atoms with Gasteiger partial charge in [-0.3, -0.25) is 14.8 Å². The van der Waals surface area contributed by atoms with Gasteiger partial charge in [0.1, 0.15) is 5.75 Å². The Balaban J connectivity index is 1.18. The number of nitrogens with one attached hydrogen (secondary N) is 2. The summed E-state index contributed by atoms with van der Waals surface area (Å²) in [6.07, 6.45) is 4.76. The van der Waals surface area contributed by atoms with Gasteiger partial charge < -0.3 is 10.1 Å². The maximum absolute atomic E-state index is 13.1. The zero-order chi connectivity index (χ0) is 24.3. The summed E-state index contributed by atoms with van der Waals surface area (Å²) >= 11 is 0. The van der Waals surface area contributed by atoms with Crippen LogP contribution in [0, 0.1) is 0 Å². The number of H-pyrrole nitrogens is 1. The number of hydrogen-bond acceptors (Lipinski definition) is 4. The van der Waals surface area contributed by atoms with Crippen LogP contribution in [0.3, 0.4) is 0 Å². The third-order valence-electron chi connectivity index (χ3n) is 8.37. The molecular weight excluding hydrogens is 448 g/mol. The molecule has 3 aliphatic rings. The second kappa shape index (κ2) is 8.20. The first-order valence-corrected chi connectivity index (χ1v) is 13.0. The highest BCUT2D eigenvalue weighted by Gasteiger charge is 2.65. The van der Waals surface area contributed by atoms with Crippen LogP contribution in [-0.4, -0.2) is 41.2 Å². The van der Waals surface area contributed by atoms with Gasteiger partial charge >= 0.3 is 0 Å². The fourth-order valence-corrected chi connectivity index (χ4v) is 6.37. The quantitative estimate of drug-likeness (QED) is 0.392. The largest absolute Gasteiger partial charge is 0.497 e. The van der Waals surface area contributed by atoms with Crippen molar-refractivity contribution in [2.24, 2.45) is 0 Å². The first-order valence-electron chi connectivity index (χ1n) is 13.0. The summed E-state index contributed by atoms with van der Waals surface area (Å²) in [4.78, 5) is 15.6. The molecule has 1 aliphatic carbocycles. The van der Waals surface area contributed by atoms with E-state index in [4.69, 9.17) is 9.84 Å². The van der Waals surface area contributed by atoms with E-state index in [9.17, 15) is 4.79 Å². The van der Waals surface area contributed by atoms with E-state index in [0.29, 0.717) is 0 Å². The van der Waals surface area contributed by atoms with Crippen molar-refractivity contribution in [3.63, 3.8) is 0 Å². The highest BCUT2D eigenvalue weighted by molar-refractivity contribution is 6.10. The highest BCUT2D eigenvalue weighted by atomic mass is 16.5. The number of methoxy groups -OCH3 is 1. The zero-order valence-corrected chi connectivity index (χ0v) is 20.5. The summed E-state index contributed by atoms with van der Waals surface area (Å²) < 4.78 is 5.44. The van der Waals surface area contributed by atoms with Gasteiger partial charge in [-0.25, -0.2) is 0 Å². The number of aromatic amines is 1. The van der Waals surface area contributed by atoms with Gasteiger partial charge in [-0.15, -0.1) is 0 Å². The average Bonchev–Trinajstić information content (AvgIpc) is 3.43. The summed E-state index contributed by atoms with van der Waals surface area (Å²) in [5, 5.41) is 12.2. The molecule has 1 saturated heterocycles. The van der Waals surface area contributed by atoms with E-state index < -0.39 is 5.41 Å². The minimum Gasteiger partial charge on any atom is -0.497 e. The maximum atomic E-state index is 13.1. The topological polar surface area (TPSA) is 70.2 Å². The Labute approximate surface area is 210 Å². The molecular formula is C30H30N4O2. The van der Waals surface area contributed by atoms with Gasteiger partial charge in [0.2, 0.25) is 5.91 Å². The van der Waals surface area contributed by atoms with E-state index in [1.807, 2.05) is 18.2 Å². The fraction of sp³-hybridized carbons (Fsp3) is 0.333. The molecule has 2 N–H and O–H groups in total. The van der Waals surface area contributed by atoms with Gasteiger partial charge in [0.25, 0.3) is 0 Å². The molecule has 2 fully saturated rings. The summed E-state index contributed by atoms with van der Waals surface area (Å²) in [6.45, 7) is 3.38. The van der Waals surface area contributed by atoms with E-state index in [2.05, 4.69) is 57.8 Å². The predicted octanol–water partition coefficient (Wildman–Crippen LogP) is 5.60. The smallest absolute Gasteiger partial charge is 0.235 e. The molecule has 1 saturated carbocycles. The van der Waals surface area contributed by atoms with Crippen molar-refractivity contribution in [2.45, 2.75) is 43.6 Å². The number of piperidine rings is 1. The number of rotatable bonds is 5. The Kier molecular flexibility index (Phi) is 4.93. The molecule has 2 atom stereocenters. The van der Waals surface area contributed by atoms with Crippen LogP contribution in [0.15, 0.2) is 60.7 Å². The number of aromatic nitrogens is 2. The molecule has 1 unspecified atom stereocenters. The minimum atomic E-state index is -0.497. The van der Waals surface area contributed by atoms with Crippen molar-refractivity contribution in [1.82, 2.24) is 15.1 Å². The van der Waals surface area contributed by atoms with Crippen LogP contribution < -0.4 is 10.1 Å². The van der Waals surface area contributed by atoms with Gasteiger partial charge in [0, 0.05) is 29.1 Å². The van der Waals surface area contributed by atoms with E-state index in [1.165, 1.54) is 43.5 Å². The van der Waals surface area contributed by atoms with Crippen molar-refractivity contribution >= 4 is 22.5 Å². The zero-order valence-electron chi connectivity index (χ0n) is 20.5. The lowest BCUT2D eigenvalue weighted by Gasteiger charge is -2.26. The molecule has 3 heterocycles. The number of fused-ring (bicyclic) bond motifs is 3. The second-order valence-corrected chi connectivity index (χ2v) is 10.5. The molecule has 182 valence electrons. The molecule has 1 amide bonds. The van der Waals surface area contributed by atoms with Gasteiger partial charge in [0.15, 0.2) is 0 Å². The number of ether oxygens (including phenoxy) is 1. The minimum absolute atomic E-state index is 0.0895. The Hall–Kier alpha value is -3.64. The average molecular weight is 479 g/mol. The molecule has 4 aromatic rings. The number of amides is 1. The lowest BCUT2D eigenvalue weighted by molar-refractivity contribution is -0.118. The van der Waals surface area contributed by atoms with Crippen molar-refractivity contribution in [3.8, 4) is 17.0 Å². The number of hydrogen-bond donors (Lipinski definition) is 2. The van der Waals surface area contributed by atoms with Crippen molar-refractivity contribution in [3.05, 3.63) is 77.4 Å². The Morgan fingerprint density at radius 3 is 2.81 bits per heavy atom. The lowest BCUT2D eigenvalue weighted by atomic mass is 9.91. The van der Waals surface area contributed by atoms with Crippen LogP contribution >= 0.6 is 0 Å². The molecule has 3 aromatic carbocycles. The van der Waals surface area contributed by atoms with Crippen LogP contribution in [0.4, 0.5) is 5.69 Å². The Morgan fingerprint density at radius 2 is 1.94 bits per heavy atom. The highest BCUT2D eigenvalue weighted by Crippen LogP contribution is 2.65. The monoisotopic (exact) mass is 478 g/mol. The van der Waals surface area contributed by atoms with Gasteiger partial charge in [-0.1, -0.05) is 36.8 Å². The van der Waals surface area contributed by atoms with Crippen LogP contribution in [0.25, 0.3) is 22.2 Å². The first-order chi connectivity index (χ1) is 17.7. The number of nitrogens with zero attached hydrogens (tertiary/aromatic N) is 2. The third kappa shape index (κ3) is 3.35. The molecule has 0 bridgehead atoms. The van der Waals surface area contributed by atoms with Gasteiger partial charge in [-0.05, 0) is 79.4 Å². The fourth-order valence-electron chi connectivity index (χ4n) is 6.37. The number of carbonyl (C=O) groups excluding carboxylic acids is 1. The standard InChI is InChI=1S/C30H30N4O2/c1-36-22-9-11-26-24(16-22)30(29(35)31-26)17-25(30)20-8-10-23-27(15-20)32-33-28(23)21-7-5-6-19(14-21)18-34-12-3-2-4-13-34/h5-11,14-16,25H,2-4,12-13,17-18H2,1H3,(H,31,35)(H,32,33)/t25-,30?/m0/s1. The Bertz CT molecular complexity index is 1490. The summed E-state index contributed by atoms with van der Waals surface area (Å²) in [5.74, 6) is 1.02. The van der Waals surface area contributed by atoms with E-state index >= 15 is 0 Å². The first kappa shape index (κ1) is 21.6. The predicted molar refractivity (Wildman–Crippen MR) is 141 cm³/mol. The molecule has 6 nitrogen and oxygen atoms in total. The summed E-state index contributed by atoms with van der Waals surface area (Å²) in [6, 6.07) is 21.1. The van der Waals surface area contributed by atoms with Crippen LogP contribution in [0.2, 0.25) is 0 Å². The normalized spacial score (nSPS) is 23.1. The van der Waals surface area contributed by atoms with E-state index in [1.54, 1.807) is 7.11 Å². The van der Waals surface area contributed by atoms with Gasteiger partial charge in [-0.2, -0.15) is 5.10 Å². The Morgan fingerprint density at radius 1 is 1.06 bits per heavy atom. The number of benzene rings is 3. The van der Waals surface area contributed by atoms with E-state index in [-0.39, 0.29) is 11.8 Å². The molecule has 0 radical (unpaired) electrons. The molecule has 1 aromatic heterocycles. The molecule has 36 heavy (non-hydrogen) atoms. The van der Waals surface area contributed by atoms with Crippen molar-refractivity contribution < 1.29 is 9.53 Å². The van der Waals surface area contributed by atoms with Crippen LogP contribution in [0.5, 0.6) is 5.75 Å². The number of anilines is 1. The number of carbonyl (C=O) groups is 1. The molecule has 2 aliphatic heterocycles.